The molecule has 0 saturated heterocycles. The molecule has 2 aromatic heterocycles. The van der Waals surface area contributed by atoms with E-state index in [-0.39, 0.29) is 11.6 Å². The Balaban J connectivity index is 2.21. The Labute approximate surface area is 123 Å². The van der Waals surface area contributed by atoms with Crippen LogP contribution in [0.3, 0.4) is 0 Å². The zero-order valence-electron chi connectivity index (χ0n) is 12.2. The van der Waals surface area contributed by atoms with Crippen LogP contribution >= 0.6 is 11.3 Å². The number of hydrogen-bond acceptors (Lipinski definition) is 6. The number of hydrogen-bond donors (Lipinski definition) is 2. The van der Waals surface area contributed by atoms with Gasteiger partial charge in [-0.05, 0) is 39.8 Å². The average Bonchev–Trinajstić information content (AvgIpc) is 2.87. The number of aromatic nitrogens is 2. The average molecular weight is 292 g/mol. The lowest BCUT2D eigenvalue weighted by Gasteiger charge is -2.25. The zero-order chi connectivity index (χ0) is 14.8. The van der Waals surface area contributed by atoms with E-state index in [0.29, 0.717) is 11.6 Å². The van der Waals surface area contributed by atoms with Gasteiger partial charge in [0.1, 0.15) is 10.8 Å². The van der Waals surface area contributed by atoms with E-state index in [9.17, 15) is 0 Å². The maximum atomic E-state index is 5.87. The molecule has 6 heteroatoms. The smallest absolute Gasteiger partial charge is 0.239 e. The molecule has 2 aromatic rings. The number of nitrogens with zero attached hydrogens (tertiary/aromatic N) is 2. The van der Waals surface area contributed by atoms with Crippen LogP contribution in [-0.4, -0.2) is 16.1 Å². The molecule has 5 nitrogen and oxygen atoms in total. The lowest BCUT2D eigenvalue weighted by atomic mass is 10.1. The number of thiazole rings is 1. The molecule has 0 radical (unpaired) electrons. The van der Waals surface area contributed by atoms with Gasteiger partial charge in [0.25, 0.3) is 0 Å². The highest BCUT2D eigenvalue weighted by Crippen LogP contribution is 2.29. The molecule has 0 aromatic carbocycles. The fourth-order valence-electron chi connectivity index (χ4n) is 1.74. The van der Waals surface area contributed by atoms with Gasteiger partial charge in [-0.25, -0.2) is 4.98 Å². The Hall–Kier alpha value is -1.82. The molecule has 0 atom stereocenters. The molecule has 0 unspecified atom stereocenters. The van der Waals surface area contributed by atoms with Crippen molar-refractivity contribution in [1.82, 2.24) is 9.97 Å². The van der Waals surface area contributed by atoms with Crippen molar-refractivity contribution in [3.05, 3.63) is 28.7 Å². The SMILES string of the molecule is CC(C)Oc1nc(NC(C)(C)c2nccs2)ccc1N. The van der Waals surface area contributed by atoms with Crippen molar-refractivity contribution in [2.24, 2.45) is 0 Å². The Morgan fingerprint density at radius 1 is 1.35 bits per heavy atom. The molecule has 3 N–H and O–H groups in total. The Bertz CT molecular complexity index is 567. The fourth-order valence-corrected chi connectivity index (χ4v) is 2.46. The monoisotopic (exact) mass is 292 g/mol. The number of rotatable bonds is 5. The van der Waals surface area contributed by atoms with E-state index in [2.05, 4.69) is 29.1 Å². The molecule has 0 bridgehead atoms. The largest absolute Gasteiger partial charge is 0.473 e. The maximum Gasteiger partial charge on any atom is 0.239 e. The van der Waals surface area contributed by atoms with Crippen LogP contribution in [0.2, 0.25) is 0 Å². The standard InChI is InChI=1S/C14H20N4OS/c1-9(2)19-12-10(15)5-6-11(17-12)18-14(3,4)13-16-7-8-20-13/h5-9H,15H2,1-4H3,(H,17,18). The van der Waals surface area contributed by atoms with Gasteiger partial charge >= 0.3 is 0 Å². The van der Waals surface area contributed by atoms with Crippen LogP contribution in [0.5, 0.6) is 5.88 Å². The van der Waals surface area contributed by atoms with Crippen molar-refractivity contribution in [3.63, 3.8) is 0 Å². The molecular formula is C14H20N4OS. The second kappa shape index (κ2) is 5.66. The third kappa shape index (κ3) is 3.39. The summed E-state index contributed by atoms with van der Waals surface area (Å²) >= 11 is 1.61. The molecule has 0 spiro atoms. The molecular weight excluding hydrogens is 272 g/mol. The van der Waals surface area contributed by atoms with E-state index >= 15 is 0 Å². The van der Waals surface area contributed by atoms with Gasteiger partial charge in [0.05, 0.1) is 17.3 Å². The first-order chi connectivity index (χ1) is 9.38. The van der Waals surface area contributed by atoms with Gasteiger partial charge in [0, 0.05) is 11.6 Å². The third-order valence-electron chi connectivity index (χ3n) is 2.64. The predicted molar refractivity (Wildman–Crippen MR) is 83.2 cm³/mol. The third-order valence-corrected chi connectivity index (χ3v) is 3.74. The minimum Gasteiger partial charge on any atom is -0.473 e. The van der Waals surface area contributed by atoms with Gasteiger partial charge in [-0.2, -0.15) is 4.98 Å². The van der Waals surface area contributed by atoms with E-state index in [1.807, 2.05) is 25.3 Å². The highest BCUT2D eigenvalue weighted by atomic mass is 32.1. The summed E-state index contributed by atoms with van der Waals surface area (Å²) in [6.45, 7) is 8.02. The summed E-state index contributed by atoms with van der Waals surface area (Å²) in [5.41, 5.74) is 6.11. The number of pyridine rings is 1. The number of anilines is 2. The molecule has 0 fully saturated rings. The lowest BCUT2D eigenvalue weighted by molar-refractivity contribution is 0.234. The van der Waals surface area contributed by atoms with Crippen molar-refractivity contribution in [2.75, 3.05) is 11.1 Å². The van der Waals surface area contributed by atoms with Gasteiger partial charge in [-0.15, -0.1) is 11.3 Å². The van der Waals surface area contributed by atoms with E-state index in [0.717, 1.165) is 10.8 Å². The minimum absolute atomic E-state index is 0.0343. The molecule has 0 aliphatic rings. The van der Waals surface area contributed by atoms with Gasteiger partial charge < -0.3 is 15.8 Å². The van der Waals surface area contributed by atoms with Crippen molar-refractivity contribution in [2.45, 2.75) is 39.3 Å². The van der Waals surface area contributed by atoms with Crippen LogP contribution < -0.4 is 15.8 Å². The molecule has 0 aliphatic heterocycles. The van der Waals surface area contributed by atoms with E-state index in [4.69, 9.17) is 10.5 Å². The van der Waals surface area contributed by atoms with Crippen molar-refractivity contribution in [1.29, 1.82) is 0 Å². The summed E-state index contributed by atoms with van der Waals surface area (Å²) in [5, 5.41) is 6.33. The highest BCUT2D eigenvalue weighted by molar-refractivity contribution is 7.09. The van der Waals surface area contributed by atoms with Crippen LogP contribution in [-0.2, 0) is 5.54 Å². The zero-order valence-corrected chi connectivity index (χ0v) is 13.0. The highest BCUT2D eigenvalue weighted by Gasteiger charge is 2.23. The van der Waals surface area contributed by atoms with Gasteiger partial charge in [0.15, 0.2) is 0 Å². The van der Waals surface area contributed by atoms with Crippen molar-refractivity contribution < 1.29 is 4.74 Å². The number of ether oxygens (including phenoxy) is 1. The van der Waals surface area contributed by atoms with Gasteiger partial charge in [-0.1, -0.05) is 0 Å². The second-order valence-corrected chi connectivity index (χ2v) is 6.24. The molecule has 0 amide bonds. The first-order valence-electron chi connectivity index (χ1n) is 6.50. The van der Waals surface area contributed by atoms with Crippen LogP contribution in [0, 0.1) is 0 Å². The van der Waals surface area contributed by atoms with E-state index in [1.54, 1.807) is 23.6 Å². The minimum atomic E-state index is -0.299. The van der Waals surface area contributed by atoms with E-state index < -0.39 is 0 Å². The number of nitrogens with two attached hydrogens (primary N) is 1. The van der Waals surface area contributed by atoms with Crippen LogP contribution in [0.4, 0.5) is 11.5 Å². The molecule has 0 saturated carbocycles. The maximum absolute atomic E-state index is 5.87. The molecule has 108 valence electrons. The predicted octanol–water partition coefficient (Wildman–Crippen LogP) is 3.25. The van der Waals surface area contributed by atoms with Gasteiger partial charge in [0.2, 0.25) is 5.88 Å². The normalized spacial score (nSPS) is 11.7. The lowest BCUT2D eigenvalue weighted by Crippen LogP contribution is -2.28. The topological polar surface area (TPSA) is 73.1 Å². The Morgan fingerprint density at radius 3 is 2.70 bits per heavy atom. The summed E-state index contributed by atoms with van der Waals surface area (Å²) in [5.74, 6) is 1.18. The number of nitrogen functional groups attached to an aromatic ring is 1. The quantitative estimate of drug-likeness (QED) is 0.885. The first-order valence-corrected chi connectivity index (χ1v) is 7.38. The molecule has 2 heterocycles. The van der Waals surface area contributed by atoms with Gasteiger partial charge in [-0.3, -0.25) is 0 Å². The summed E-state index contributed by atoms with van der Waals surface area (Å²) in [7, 11) is 0. The summed E-state index contributed by atoms with van der Waals surface area (Å²) < 4.78 is 5.60. The molecule has 2 rings (SSSR count). The molecule has 0 aliphatic carbocycles. The summed E-state index contributed by atoms with van der Waals surface area (Å²) in [6.07, 6.45) is 1.83. The van der Waals surface area contributed by atoms with Crippen LogP contribution in [0.1, 0.15) is 32.7 Å². The van der Waals surface area contributed by atoms with Crippen LogP contribution in [0.15, 0.2) is 23.7 Å². The second-order valence-electron chi connectivity index (χ2n) is 5.34. The molecule has 20 heavy (non-hydrogen) atoms. The summed E-state index contributed by atoms with van der Waals surface area (Å²) in [6, 6.07) is 3.64. The van der Waals surface area contributed by atoms with E-state index in [1.165, 1.54) is 0 Å². The Morgan fingerprint density at radius 2 is 2.10 bits per heavy atom. The fraction of sp³-hybridized carbons (Fsp3) is 0.429. The first kappa shape index (κ1) is 14.6. The Kier molecular flexibility index (Phi) is 4.13. The summed E-state index contributed by atoms with van der Waals surface area (Å²) in [4.78, 5) is 8.77. The van der Waals surface area contributed by atoms with Crippen molar-refractivity contribution >= 4 is 22.8 Å². The number of nitrogens with one attached hydrogen (secondary N) is 1. The van der Waals surface area contributed by atoms with Crippen LogP contribution in [0.25, 0.3) is 0 Å². The van der Waals surface area contributed by atoms with Crippen molar-refractivity contribution in [3.8, 4) is 5.88 Å².